The number of aliphatic hydroxyl groups is 1. The van der Waals surface area contributed by atoms with E-state index < -0.39 is 24.2 Å². The maximum absolute atomic E-state index is 11.3. The number of rotatable bonds is 5. The Morgan fingerprint density at radius 2 is 2.05 bits per heavy atom. The highest BCUT2D eigenvalue weighted by atomic mass is 16.9. The van der Waals surface area contributed by atoms with E-state index in [1.807, 2.05) is 0 Å². The third-order valence-corrected chi connectivity index (χ3v) is 2.06. The van der Waals surface area contributed by atoms with Crippen molar-refractivity contribution >= 4 is 6.16 Å². The molecular formula is C10H21N3O6. The molecule has 1 heterocycles. The Bertz CT molecular complexity index is 302. The van der Waals surface area contributed by atoms with E-state index in [1.54, 1.807) is 20.8 Å². The first-order valence-corrected chi connectivity index (χ1v) is 5.90. The summed E-state index contributed by atoms with van der Waals surface area (Å²) in [5, 5.41) is 20.4. The Kier molecular flexibility index (Phi) is 5.47. The van der Waals surface area contributed by atoms with E-state index >= 15 is 0 Å². The van der Waals surface area contributed by atoms with Crippen molar-refractivity contribution in [2.45, 2.75) is 45.7 Å². The van der Waals surface area contributed by atoms with Gasteiger partial charge in [-0.15, -0.1) is 0 Å². The molecule has 0 amide bonds. The molecule has 0 aromatic heterocycles. The fourth-order valence-electron chi connectivity index (χ4n) is 1.20. The van der Waals surface area contributed by atoms with Crippen LogP contribution in [0.2, 0.25) is 0 Å². The lowest BCUT2D eigenvalue weighted by Crippen LogP contribution is -2.62. The quantitative estimate of drug-likeness (QED) is 0.364. The van der Waals surface area contributed by atoms with E-state index in [4.69, 9.17) is 19.4 Å². The normalized spacial score (nSPS) is 19.1. The van der Waals surface area contributed by atoms with Gasteiger partial charge in [0, 0.05) is 20.0 Å². The first kappa shape index (κ1) is 16.1. The predicted molar refractivity (Wildman–Crippen MR) is 62.2 cm³/mol. The van der Waals surface area contributed by atoms with Crippen LogP contribution in [0.15, 0.2) is 0 Å². The lowest BCUT2D eigenvalue weighted by atomic mass is 10.2. The Morgan fingerprint density at radius 3 is 2.53 bits per heavy atom. The summed E-state index contributed by atoms with van der Waals surface area (Å²) in [7, 11) is 0. The van der Waals surface area contributed by atoms with Gasteiger partial charge in [-0.2, -0.15) is 5.01 Å². The lowest BCUT2D eigenvalue weighted by Gasteiger charge is -2.39. The summed E-state index contributed by atoms with van der Waals surface area (Å²) in [6, 6.07) is 0. The van der Waals surface area contributed by atoms with E-state index in [-0.39, 0.29) is 13.1 Å². The zero-order valence-corrected chi connectivity index (χ0v) is 11.5. The minimum absolute atomic E-state index is 0.286. The molecule has 1 saturated heterocycles. The molecule has 0 aliphatic carbocycles. The molecule has 3 N–H and O–H groups in total. The van der Waals surface area contributed by atoms with Crippen molar-refractivity contribution in [3.05, 3.63) is 0 Å². The van der Waals surface area contributed by atoms with Gasteiger partial charge >= 0.3 is 6.16 Å². The molecule has 1 fully saturated rings. The molecule has 112 valence electrons. The first-order valence-electron chi connectivity index (χ1n) is 5.90. The number of hydrogen-bond donors (Lipinski definition) is 3. The minimum Gasteiger partial charge on any atom is -0.429 e. The summed E-state index contributed by atoms with van der Waals surface area (Å²) in [6.45, 7) is 7.16. The molecule has 19 heavy (non-hydrogen) atoms. The van der Waals surface area contributed by atoms with Crippen molar-refractivity contribution in [2.75, 3.05) is 13.1 Å². The van der Waals surface area contributed by atoms with Crippen LogP contribution in [0.5, 0.6) is 0 Å². The fourth-order valence-corrected chi connectivity index (χ4v) is 1.20. The van der Waals surface area contributed by atoms with Crippen molar-refractivity contribution < 1.29 is 29.4 Å². The van der Waals surface area contributed by atoms with E-state index in [1.165, 1.54) is 11.9 Å². The fraction of sp³-hybridized carbons (Fsp3) is 0.900. The van der Waals surface area contributed by atoms with Gasteiger partial charge in [0.15, 0.2) is 0 Å². The second kappa shape index (κ2) is 6.46. The van der Waals surface area contributed by atoms with E-state index in [9.17, 15) is 10.0 Å². The summed E-state index contributed by atoms with van der Waals surface area (Å²) >= 11 is 0. The van der Waals surface area contributed by atoms with Crippen LogP contribution in [0.3, 0.4) is 0 Å². The van der Waals surface area contributed by atoms with Crippen LogP contribution in [0, 0.1) is 0 Å². The summed E-state index contributed by atoms with van der Waals surface area (Å²) < 4.78 is 9.70. The lowest BCUT2D eigenvalue weighted by molar-refractivity contribution is -0.387. The molecule has 1 atom stereocenters. The molecule has 1 rings (SSSR count). The van der Waals surface area contributed by atoms with Gasteiger partial charge in [-0.05, 0) is 26.1 Å². The highest BCUT2D eigenvalue weighted by molar-refractivity contribution is 5.60. The molecule has 9 heteroatoms. The van der Waals surface area contributed by atoms with Gasteiger partial charge < -0.3 is 14.6 Å². The largest absolute Gasteiger partial charge is 0.511 e. The molecule has 0 spiro atoms. The summed E-state index contributed by atoms with van der Waals surface area (Å²) in [4.78, 5) is 16.1. The number of ether oxygens (including phenoxy) is 2. The maximum Gasteiger partial charge on any atom is 0.511 e. The Balaban J connectivity index is 2.17. The summed E-state index contributed by atoms with van der Waals surface area (Å²) in [5.74, 6) is 0. The van der Waals surface area contributed by atoms with Crippen LogP contribution in [0.1, 0.15) is 27.7 Å². The topological polar surface area (TPSA) is 104 Å². The van der Waals surface area contributed by atoms with Crippen LogP contribution in [-0.4, -0.2) is 57.8 Å². The van der Waals surface area contributed by atoms with Gasteiger partial charge in [-0.3, -0.25) is 5.21 Å². The molecule has 9 nitrogen and oxygen atoms in total. The maximum atomic E-state index is 11.3. The first-order chi connectivity index (χ1) is 8.67. The zero-order valence-electron chi connectivity index (χ0n) is 11.5. The molecule has 0 saturated carbocycles. The number of nitrogens with one attached hydrogen (secondary N) is 1. The minimum atomic E-state index is -0.962. The van der Waals surface area contributed by atoms with Crippen molar-refractivity contribution in [3.8, 4) is 0 Å². The number of nitrogens with zero attached hydrogens (tertiary/aromatic N) is 2. The highest BCUT2D eigenvalue weighted by Crippen LogP contribution is 2.10. The average molecular weight is 279 g/mol. The van der Waals surface area contributed by atoms with E-state index in [0.717, 1.165) is 0 Å². The summed E-state index contributed by atoms with van der Waals surface area (Å²) in [5.41, 5.74) is 1.49. The van der Waals surface area contributed by atoms with E-state index in [0.29, 0.717) is 5.28 Å². The molecule has 1 aliphatic rings. The average Bonchev–Trinajstić information content (AvgIpc) is 2.18. The molecule has 0 radical (unpaired) electrons. The van der Waals surface area contributed by atoms with Crippen LogP contribution in [0.25, 0.3) is 0 Å². The summed E-state index contributed by atoms with van der Waals surface area (Å²) in [6.07, 6.45) is -2.30. The van der Waals surface area contributed by atoms with Crippen molar-refractivity contribution in [1.29, 1.82) is 0 Å². The van der Waals surface area contributed by atoms with Crippen LogP contribution >= 0.6 is 0 Å². The van der Waals surface area contributed by atoms with E-state index in [2.05, 4.69) is 5.59 Å². The van der Waals surface area contributed by atoms with Gasteiger partial charge in [-0.25, -0.2) is 9.63 Å². The predicted octanol–water partition coefficient (Wildman–Crippen LogP) is 0.00300. The van der Waals surface area contributed by atoms with Crippen LogP contribution in [-0.2, 0) is 14.3 Å². The Morgan fingerprint density at radius 1 is 1.47 bits per heavy atom. The second-order valence-electron chi connectivity index (χ2n) is 5.17. The molecule has 0 aromatic rings. The van der Waals surface area contributed by atoms with Gasteiger partial charge in [0.05, 0.1) is 6.10 Å². The van der Waals surface area contributed by atoms with Crippen molar-refractivity contribution in [2.24, 2.45) is 0 Å². The standard InChI is InChI=1S/C10H21N3O6/c1-7(17-9(15)18-10(2,3)4)19-11-13(16)12-5-8(14)6-12/h7-8,11,14,16H,5-6H2,1-4H3. The number of carbonyl (C=O) groups is 1. The van der Waals surface area contributed by atoms with Gasteiger partial charge in [0.1, 0.15) is 5.60 Å². The smallest absolute Gasteiger partial charge is 0.429 e. The third kappa shape index (κ3) is 6.14. The molecule has 1 unspecified atom stereocenters. The molecular weight excluding hydrogens is 258 g/mol. The van der Waals surface area contributed by atoms with Crippen LogP contribution in [0.4, 0.5) is 4.79 Å². The second-order valence-corrected chi connectivity index (χ2v) is 5.17. The molecule has 1 aliphatic heterocycles. The molecule has 0 aromatic carbocycles. The number of hydrazine groups is 2. The van der Waals surface area contributed by atoms with Gasteiger partial charge in [0.2, 0.25) is 6.29 Å². The van der Waals surface area contributed by atoms with Crippen LogP contribution < -0.4 is 5.59 Å². The number of hydrogen-bond acceptors (Lipinski definition) is 9. The Labute approximate surface area is 111 Å². The van der Waals surface area contributed by atoms with Gasteiger partial charge in [-0.1, -0.05) is 5.59 Å². The van der Waals surface area contributed by atoms with Crippen molar-refractivity contribution in [1.82, 2.24) is 15.9 Å². The third-order valence-electron chi connectivity index (χ3n) is 2.06. The monoisotopic (exact) mass is 279 g/mol. The number of β-amino-alcohol motifs (C(OH)–C–C–N with tert-alkyl or cyclic N) is 1. The zero-order chi connectivity index (χ0) is 14.6. The van der Waals surface area contributed by atoms with Gasteiger partial charge in [0.25, 0.3) is 0 Å². The number of aliphatic hydroxyl groups excluding tert-OH is 1. The Hall–Kier alpha value is -0.970. The number of carbonyl (C=O) groups excluding carboxylic acids is 1. The van der Waals surface area contributed by atoms with Crippen molar-refractivity contribution in [3.63, 3.8) is 0 Å². The SMILES string of the molecule is CC(ONN(O)N1CC(O)C1)OC(=O)OC(C)(C)C. The molecule has 0 bridgehead atoms. The highest BCUT2D eigenvalue weighted by Gasteiger charge is 2.29.